The number of carbonyl (C=O) groups excluding carboxylic acids is 3. The number of carbonyl (C=O) groups is 3. The van der Waals surface area contributed by atoms with Gasteiger partial charge in [0.05, 0.1) is 24.3 Å². The number of ether oxygens (including phenoxy) is 2. The lowest BCUT2D eigenvalue weighted by atomic mass is 9.93. The molecule has 0 atom stereocenters. The van der Waals surface area contributed by atoms with Crippen molar-refractivity contribution in [3.05, 3.63) is 58.7 Å². The van der Waals surface area contributed by atoms with E-state index in [0.29, 0.717) is 36.6 Å². The van der Waals surface area contributed by atoms with Crippen LogP contribution in [0, 0.1) is 0 Å². The van der Waals surface area contributed by atoms with Gasteiger partial charge in [-0.05, 0) is 36.2 Å². The van der Waals surface area contributed by atoms with E-state index in [2.05, 4.69) is 4.99 Å². The van der Waals surface area contributed by atoms with Crippen molar-refractivity contribution in [2.24, 2.45) is 4.99 Å². The van der Waals surface area contributed by atoms with Crippen LogP contribution in [-0.2, 0) is 11.2 Å². The van der Waals surface area contributed by atoms with Crippen LogP contribution in [0.1, 0.15) is 51.1 Å². The number of Topliss-reactive ketones (excluding diaryl/α,β-unsaturated/α-hetero) is 1. The maximum atomic E-state index is 12.7. The molecule has 5 rings (SSSR count). The number of rotatable bonds is 5. The standard InChI is InChI=1S/C24H22N2O5/c27-16(7-9-26-23(28)17-4-1-2-5-18(17)24(26)29)13-20-19-14-22-21(30-10-3-11-31-22)12-15(19)6-8-25-20/h1-2,4-5,12,14H,3,6-11,13H2. The van der Waals surface area contributed by atoms with Crippen LogP contribution in [0.15, 0.2) is 41.4 Å². The third-order valence-electron chi connectivity index (χ3n) is 5.83. The molecular formula is C24H22N2O5. The van der Waals surface area contributed by atoms with E-state index in [4.69, 9.17) is 9.47 Å². The van der Waals surface area contributed by atoms with E-state index in [9.17, 15) is 14.4 Å². The number of benzene rings is 2. The van der Waals surface area contributed by atoms with Gasteiger partial charge in [-0.1, -0.05) is 12.1 Å². The summed E-state index contributed by atoms with van der Waals surface area (Å²) in [5.74, 6) is 0.691. The van der Waals surface area contributed by atoms with E-state index in [1.807, 2.05) is 12.1 Å². The van der Waals surface area contributed by atoms with Crippen LogP contribution in [0.5, 0.6) is 11.5 Å². The summed E-state index contributed by atoms with van der Waals surface area (Å²) >= 11 is 0. The fourth-order valence-electron chi connectivity index (χ4n) is 4.23. The molecule has 0 radical (unpaired) electrons. The van der Waals surface area contributed by atoms with Crippen molar-refractivity contribution >= 4 is 23.3 Å². The zero-order valence-electron chi connectivity index (χ0n) is 17.1. The Labute approximate surface area is 179 Å². The summed E-state index contributed by atoms with van der Waals surface area (Å²) in [5.41, 5.74) is 3.54. The summed E-state index contributed by atoms with van der Waals surface area (Å²) in [7, 11) is 0. The molecule has 31 heavy (non-hydrogen) atoms. The highest BCUT2D eigenvalue weighted by Crippen LogP contribution is 2.35. The van der Waals surface area contributed by atoms with Crippen molar-refractivity contribution in [2.45, 2.75) is 25.7 Å². The quantitative estimate of drug-likeness (QED) is 0.697. The molecule has 0 saturated heterocycles. The highest BCUT2D eigenvalue weighted by molar-refractivity contribution is 6.21. The van der Waals surface area contributed by atoms with Gasteiger partial charge in [0, 0.05) is 43.6 Å². The molecule has 2 aromatic carbocycles. The molecule has 0 aliphatic carbocycles. The van der Waals surface area contributed by atoms with Crippen molar-refractivity contribution in [2.75, 3.05) is 26.3 Å². The molecule has 0 spiro atoms. The first-order valence-corrected chi connectivity index (χ1v) is 10.5. The second-order valence-corrected chi connectivity index (χ2v) is 7.86. The largest absolute Gasteiger partial charge is 0.490 e. The zero-order chi connectivity index (χ0) is 21.4. The van der Waals surface area contributed by atoms with Gasteiger partial charge in [-0.2, -0.15) is 0 Å². The Balaban J connectivity index is 1.27. The number of hydrogen-bond acceptors (Lipinski definition) is 6. The molecule has 0 bridgehead atoms. The number of fused-ring (bicyclic) bond motifs is 3. The second kappa shape index (κ2) is 7.98. The lowest BCUT2D eigenvalue weighted by Crippen LogP contribution is -2.32. The van der Waals surface area contributed by atoms with Gasteiger partial charge in [0.25, 0.3) is 11.8 Å². The topological polar surface area (TPSA) is 85.3 Å². The Morgan fingerprint density at radius 3 is 2.35 bits per heavy atom. The summed E-state index contributed by atoms with van der Waals surface area (Å²) < 4.78 is 11.6. The van der Waals surface area contributed by atoms with Crippen LogP contribution >= 0.6 is 0 Å². The number of imide groups is 1. The third kappa shape index (κ3) is 3.60. The van der Waals surface area contributed by atoms with Crippen LogP contribution in [0.25, 0.3) is 0 Å². The number of amides is 2. The predicted octanol–water partition coefficient (Wildman–Crippen LogP) is 2.84. The Hall–Kier alpha value is -3.48. The minimum atomic E-state index is -0.339. The van der Waals surface area contributed by atoms with Gasteiger partial charge in [0.15, 0.2) is 11.5 Å². The van der Waals surface area contributed by atoms with E-state index in [-0.39, 0.29) is 37.0 Å². The molecule has 2 aromatic rings. The Morgan fingerprint density at radius 1 is 0.968 bits per heavy atom. The Kier molecular flexibility index (Phi) is 5.02. The summed E-state index contributed by atoms with van der Waals surface area (Å²) in [6, 6.07) is 10.7. The highest BCUT2D eigenvalue weighted by Gasteiger charge is 2.35. The van der Waals surface area contributed by atoms with Crippen LogP contribution in [-0.4, -0.2) is 54.5 Å². The zero-order valence-corrected chi connectivity index (χ0v) is 17.1. The average Bonchev–Trinajstić information content (AvgIpc) is 2.92. The number of aliphatic imine (C=N–C) groups is 1. The monoisotopic (exact) mass is 418 g/mol. The van der Waals surface area contributed by atoms with Crippen LogP contribution in [0.3, 0.4) is 0 Å². The van der Waals surface area contributed by atoms with Gasteiger partial charge in [-0.3, -0.25) is 24.3 Å². The van der Waals surface area contributed by atoms with Crippen LogP contribution in [0.2, 0.25) is 0 Å². The number of nitrogens with zero attached hydrogens (tertiary/aromatic N) is 2. The van der Waals surface area contributed by atoms with Gasteiger partial charge < -0.3 is 9.47 Å². The molecule has 2 amide bonds. The molecule has 0 unspecified atom stereocenters. The first-order valence-electron chi connectivity index (χ1n) is 10.5. The maximum Gasteiger partial charge on any atom is 0.261 e. The minimum Gasteiger partial charge on any atom is -0.490 e. The van der Waals surface area contributed by atoms with E-state index >= 15 is 0 Å². The fourth-order valence-corrected chi connectivity index (χ4v) is 4.23. The van der Waals surface area contributed by atoms with Crippen LogP contribution in [0.4, 0.5) is 0 Å². The van der Waals surface area contributed by atoms with Crippen molar-refractivity contribution in [1.29, 1.82) is 0 Å². The van der Waals surface area contributed by atoms with Crippen molar-refractivity contribution in [1.82, 2.24) is 4.90 Å². The molecule has 0 fully saturated rings. The van der Waals surface area contributed by atoms with Gasteiger partial charge in [0.2, 0.25) is 0 Å². The van der Waals surface area contributed by atoms with Gasteiger partial charge in [0.1, 0.15) is 5.78 Å². The van der Waals surface area contributed by atoms with E-state index in [1.165, 1.54) is 0 Å². The van der Waals surface area contributed by atoms with Gasteiger partial charge in [-0.15, -0.1) is 0 Å². The lowest BCUT2D eigenvalue weighted by Gasteiger charge is -2.20. The maximum absolute atomic E-state index is 12.7. The summed E-state index contributed by atoms with van der Waals surface area (Å²) in [4.78, 5) is 43.4. The van der Waals surface area contributed by atoms with Crippen molar-refractivity contribution < 1.29 is 23.9 Å². The lowest BCUT2D eigenvalue weighted by molar-refractivity contribution is -0.118. The van der Waals surface area contributed by atoms with Crippen molar-refractivity contribution in [3.63, 3.8) is 0 Å². The molecule has 3 aliphatic rings. The molecule has 3 aliphatic heterocycles. The van der Waals surface area contributed by atoms with Gasteiger partial charge in [-0.25, -0.2) is 0 Å². The predicted molar refractivity (Wildman–Crippen MR) is 113 cm³/mol. The fraction of sp³-hybridized carbons (Fsp3) is 0.333. The normalized spacial score (nSPS) is 17.0. The molecule has 0 N–H and O–H groups in total. The number of ketones is 1. The highest BCUT2D eigenvalue weighted by atomic mass is 16.5. The molecule has 0 saturated carbocycles. The molecule has 0 aromatic heterocycles. The Bertz CT molecular complexity index is 1090. The van der Waals surface area contributed by atoms with Crippen molar-refractivity contribution in [3.8, 4) is 11.5 Å². The summed E-state index contributed by atoms with van der Waals surface area (Å²) in [6.07, 6.45) is 1.88. The molecular weight excluding hydrogens is 396 g/mol. The smallest absolute Gasteiger partial charge is 0.261 e. The third-order valence-corrected chi connectivity index (χ3v) is 5.83. The van der Waals surface area contributed by atoms with E-state index < -0.39 is 0 Å². The summed E-state index contributed by atoms with van der Waals surface area (Å²) in [5, 5.41) is 0. The SMILES string of the molecule is O=C(CCN1C(=O)c2ccccc2C1=O)CC1=NCCc2cc3c(cc21)OCCCO3. The van der Waals surface area contributed by atoms with E-state index in [1.54, 1.807) is 24.3 Å². The molecule has 7 nitrogen and oxygen atoms in total. The molecule has 3 heterocycles. The molecule has 158 valence electrons. The van der Waals surface area contributed by atoms with Crippen LogP contribution < -0.4 is 9.47 Å². The molecule has 7 heteroatoms. The van der Waals surface area contributed by atoms with E-state index in [0.717, 1.165) is 40.3 Å². The Morgan fingerprint density at radius 2 is 1.65 bits per heavy atom. The first kappa shape index (κ1) is 19.5. The number of hydrogen-bond donors (Lipinski definition) is 0. The summed E-state index contributed by atoms with van der Waals surface area (Å²) in [6.45, 7) is 1.92. The second-order valence-electron chi connectivity index (χ2n) is 7.86. The average molecular weight is 418 g/mol. The first-order chi connectivity index (χ1) is 15.1. The van der Waals surface area contributed by atoms with Gasteiger partial charge >= 0.3 is 0 Å². The minimum absolute atomic E-state index is 0.0599.